The molecule has 0 aliphatic heterocycles. The summed E-state index contributed by atoms with van der Waals surface area (Å²) < 4.78 is 12.9. The van der Waals surface area contributed by atoms with Gasteiger partial charge in [-0.05, 0) is 36.4 Å². The summed E-state index contributed by atoms with van der Waals surface area (Å²) in [6, 6.07) is 13.2. The SMILES string of the molecule is O=C(NN=Cc1ccccc1[N+](=O)[O-])c1cc(-c2ccc(F)cc2)n[nH]1. The number of aromatic nitrogens is 2. The number of aromatic amines is 1. The molecule has 0 aliphatic carbocycles. The molecule has 9 heteroatoms. The average molecular weight is 353 g/mol. The van der Waals surface area contributed by atoms with E-state index in [1.54, 1.807) is 18.2 Å². The van der Waals surface area contributed by atoms with E-state index in [0.29, 0.717) is 11.3 Å². The van der Waals surface area contributed by atoms with Crippen LogP contribution in [0, 0.1) is 15.9 Å². The predicted molar refractivity (Wildman–Crippen MR) is 92.1 cm³/mol. The second kappa shape index (κ2) is 7.34. The number of hydrogen-bond acceptors (Lipinski definition) is 5. The highest BCUT2D eigenvalue weighted by molar-refractivity contribution is 5.94. The molecular weight excluding hydrogens is 341 g/mol. The Kier molecular flexibility index (Phi) is 4.79. The third kappa shape index (κ3) is 3.78. The summed E-state index contributed by atoms with van der Waals surface area (Å²) in [6.45, 7) is 0. The molecule has 26 heavy (non-hydrogen) atoms. The normalized spacial score (nSPS) is 10.8. The number of nitrogens with one attached hydrogen (secondary N) is 2. The Morgan fingerprint density at radius 2 is 1.96 bits per heavy atom. The van der Waals surface area contributed by atoms with Crippen LogP contribution in [0.2, 0.25) is 0 Å². The van der Waals surface area contributed by atoms with E-state index in [1.165, 1.54) is 42.6 Å². The molecule has 0 unspecified atom stereocenters. The van der Waals surface area contributed by atoms with Crippen molar-refractivity contribution in [3.63, 3.8) is 0 Å². The highest BCUT2D eigenvalue weighted by atomic mass is 19.1. The van der Waals surface area contributed by atoms with Crippen LogP contribution in [-0.2, 0) is 0 Å². The minimum absolute atomic E-state index is 0.120. The van der Waals surface area contributed by atoms with Gasteiger partial charge in [-0.15, -0.1) is 0 Å². The van der Waals surface area contributed by atoms with Crippen LogP contribution in [0.1, 0.15) is 16.1 Å². The lowest BCUT2D eigenvalue weighted by Gasteiger charge is -1.97. The number of halogens is 1. The Balaban J connectivity index is 1.70. The molecule has 0 spiro atoms. The molecule has 3 rings (SSSR count). The molecule has 130 valence electrons. The highest BCUT2D eigenvalue weighted by Gasteiger charge is 2.12. The van der Waals surface area contributed by atoms with Gasteiger partial charge in [0.25, 0.3) is 11.6 Å². The van der Waals surface area contributed by atoms with Gasteiger partial charge in [-0.25, -0.2) is 9.82 Å². The lowest BCUT2D eigenvalue weighted by atomic mass is 10.1. The van der Waals surface area contributed by atoms with Crippen molar-refractivity contribution < 1.29 is 14.1 Å². The van der Waals surface area contributed by atoms with E-state index in [2.05, 4.69) is 20.7 Å². The van der Waals surface area contributed by atoms with E-state index in [0.717, 1.165) is 0 Å². The van der Waals surface area contributed by atoms with Crippen molar-refractivity contribution >= 4 is 17.8 Å². The summed E-state index contributed by atoms with van der Waals surface area (Å²) in [6.07, 6.45) is 1.19. The quantitative estimate of drug-likeness (QED) is 0.417. The van der Waals surface area contributed by atoms with Gasteiger partial charge >= 0.3 is 0 Å². The van der Waals surface area contributed by atoms with Gasteiger partial charge in [-0.1, -0.05) is 12.1 Å². The second-order valence-corrected chi connectivity index (χ2v) is 5.19. The summed E-state index contributed by atoms with van der Waals surface area (Å²) >= 11 is 0. The van der Waals surface area contributed by atoms with Gasteiger partial charge in [-0.2, -0.15) is 10.2 Å². The standard InChI is InChI=1S/C17H12FN5O3/c18-13-7-5-11(6-8-13)14-9-15(21-20-14)17(24)22-19-10-12-3-1-2-4-16(12)23(25)26/h1-10H,(H,20,21)(H,22,24). The number of nitro benzene ring substituents is 1. The fraction of sp³-hybridized carbons (Fsp3) is 0. The van der Waals surface area contributed by atoms with Crippen LogP contribution in [0.15, 0.2) is 59.7 Å². The van der Waals surface area contributed by atoms with E-state index < -0.39 is 10.8 Å². The smallest absolute Gasteiger partial charge is 0.272 e. The molecular formula is C17H12FN5O3. The largest absolute Gasteiger partial charge is 0.289 e. The number of amides is 1. The Morgan fingerprint density at radius 1 is 1.23 bits per heavy atom. The van der Waals surface area contributed by atoms with Crippen molar-refractivity contribution in [2.45, 2.75) is 0 Å². The molecule has 0 fully saturated rings. The molecule has 2 aromatic carbocycles. The maximum absolute atomic E-state index is 12.9. The molecule has 1 heterocycles. The Bertz CT molecular complexity index is 982. The number of nitro groups is 1. The molecule has 0 aliphatic rings. The van der Waals surface area contributed by atoms with Gasteiger partial charge in [0.05, 0.1) is 22.4 Å². The van der Waals surface area contributed by atoms with Crippen molar-refractivity contribution in [2.75, 3.05) is 0 Å². The lowest BCUT2D eigenvalue weighted by Crippen LogP contribution is -2.18. The second-order valence-electron chi connectivity index (χ2n) is 5.19. The van der Waals surface area contributed by atoms with Gasteiger partial charge in [-0.3, -0.25) is 20.0 Å². The fourth-order valence-electron chi connectivity index (χ4n) is 2.19. The molecule has 1 amide bonds. The van der Waals surface area contributed by atoms with Crippen LogP contribution in [0.3, 0.4) is 0 Å². The number of carbonyl (C=O) groups is 1. The van der Waals surface area contributed by atoms with E-state index in [-0.39, 0.29) is 22.8 Å². The molecule has 3 aromatic rings. The van der Waals surface area contributed by atoms with Crippen molar-refractivity contribution in [1.29, 1.82) is 0 Å². The number of hydrogen-bond donors (Lipinski definition) is 2. The maximum atomic E-state index is 12.9. The first-order valence-electron chi connectivity index (χ1n) is 7.43. The molecule has 0 radical (unpaired) electrons. The Labute approximate surface area is 146 Å². The molecule has 0 saturated carbocycles. The Morgan fingerprint density at radius 3 is 2.69 bits per heavy atom. The van der Waals surface area contributed by atoms with Crippen LogP contribution in [0.4, 0.5) is 10.1 Å². The first-order valence-corrected chi connectivity index (χ1v) is 7.43. The van der Waals surface area contributed by atoms with Crippen LogP contribution in [0.25, 0.3) is 11.3 Å². The first kappa shape index (κ1) is 17.0. The molecule has 0 saturated heterocycles. The monoisotopic (exact) mass is 353 g/mol. The number of para-hydroxylation sites is 1. The predicted octanol–water partition coefficient (Wildman–Crippen LogP) is 2.89. The number of nitrogens with zero attached hydrogens (tertiary/aromatic N) is 3. The summed E-state index contributed by atoms with van der Waals surface area (Å²) in [4.78, 5) is 22.4. The zero-order chi connectivity index (χ0) is 18.5. The molecule has 0 atom stereocenters. The van der Waals surface area contributed by atoms with Gasteiger partial charge in [0.2, 0.25) is 0 Å². The maximum Gasteiger partial charge on any atom is 0.289 e. The van der Waals surface area contributed by atoms with Crippen molar-refractivity contribution in [3.05, 3.63) is 81.8 Å². The van der Waals surface area contributed by atoms with Crippen LogP contribution >= 0.6 is 0 Å². The van der Waals surface area contributed by atoms with Crippen molar-refractivity contribution in [3.8, 4) is 11.3 Å². The van der Waals surface area contributed by atoms with E-state index in [1.807, 2.05) is 0 Å². The van der Waals surface area contributed by atoms with Crippen molar-refractivity contribution in [1.82, 2.24) is 15.6 Å². The zero-order valence-electron chi connectivity index (χ0n) is 13.2. The van der Waals surface area contributed by atoms with E-state index in [9.17, 15) is 19.3 Å². The van der Waals surface area contributed by atoms with Crippen LogP contribution in [0.5, 0.6) is 0 Å². The van der Waals surface area contributed by atoms with Gasteiger partial charge < -0.3 is 0 Å². The lowest BCUT2D eigenvalue weighted by molar-refractivity contribution is -0.385. The number of carbonyl (C=O) groups excluding carboxylic acids is 1. The highest BCUT2D eigenvalue weighted by Crippen LogP contribution is 2.18. The number of rotatable bonds is 5. The topological polar surface area (TPSA) is 113 Å². The summed E-state index contributed by atoms with van der Waals surface area (Å²) in [7, 11) is 0. The van der Waals surface area contributed by atoms with Gasteiger partial charge in [0.15, 0.2) is 0 Å². The third-order valence-corrected chi connectivity index (χ3v) is 3.47. The minimum atomic E-state index is -0.569. The fourth-order valence-corrected chi connectivity index (χ4v) is 2.19. The number of hydrazone groups is 1. The molecule has 0 bridgehead atoms. The summed E-state index contributed by atoms with van der Waals surface area (Å²) in [5.74, 6) is -0.938. The first-order chi connectivity index (χ1) is 12.5. The summed E-state index contributed by atoms with van der Waals surface area (Å²) in [5, 5.41) is 21.2. The van der Waals surface area contributed by atoms with E-state index >= 15 is 0 Å². The number of H-pyrrole nitrogens is 1. The summed E-state index contributed by atoms with van der Waals surface area (Å²) in [5.41, 5.74) is 3.66. The van der Waals surface area contributed by atoms with Crippen molar-refractivity contribution in [2.24, 2.45) is 5.10 Å². The zero-order valence-corrected chi connectivity index (χ0v) is 13.2. The molecule has 8 nitrogen and oxygen atoms in total. The van der Waals surface area contributed by atoms with Crippen LogP contribution < -0.4 is 5.43 Å². The minimum Gasteiger partial charge on any atom is -0.272 e. The van der Waals surface area contributed by atoms with Gasteiger partial charge in [0.1, 0.15) is 11.5 Å². The third-order valence-electron chi connectivity index (χ3n) is 3.47. The molecule has 1 aromatic heterocycles. The molecule has 2 N–H and O–H groups in total. The average Bonchev–Trinajstić information content (AvgIpc) is 3.13. The van der Waals surface area contributed by atoms with Crippen LogP contribution in [-0.4, -0.2) is 27.2 Å². The Hall–Kier alpha value is -3.88. The van der Waals surface area contributed by atoms with Gasteiger partial charge in [0, 0.05) is 11.6 Å². The van der Waals surface area contributed by atoms with E-state index in [4.69, 9.17) is 0 Å². The number of benzene rings is 2.